The second-order valence-corrected chi connectivity index (χ2v) is 4.99. The van der Waals surface area contributed by atoms with E-state index in [1.54, 1.807) is 0 Å². The quantitative estimate of drug-likeness (QED) is 0.451. The number of guanidine groups is 1. The SMILES string of the molecule is Cc1ccccc1OCCNC(N)=NCCC(C)C. The Hall–Kier alpha value is -1.71. The average molecular weight is 263 g/mol. The molecule has 0 radical (unpaired) electrons. The minimum atomic E-state index is 0.494. The fourth-order valence-electron chi connectivity index (χ4n) is 1.56. The molecule has 0 aromatic heterocycles. The molecule has 0 aliphatic rings. The van der Waals surface area contributed by atoms with Gasteiger partial charge in [-0.3, -0.25) is 4.99 Å². The third-order valence-corrected chi connectivity index (χ3v) is 2.75. The third kappa shape index (κ3) is 6.70. The van der Waals surface area contributed by atoms with Crippen LogP contribution in [-0.4, -0.2) is 25.7 Å². The Kier molecular flexibility index (Phi) is 6.79. The van der Waals surface area contributed by atoms with Gasteiger partial charge in [-0.2, -0.15) is 0 Å². The lowest BCUT2D eigenvalue weighted by Gasteiger charge is -2.10. The normalized spacial score (nSPS) is 11.7. The van der Waals surface area contributed by atoms with E-state index in [4.69, 9.17) is 10.5 Å². The van der Waals surface area contributed by atoms with Crippen LogP contribution in [0.4, 0.5) is 0 Å². The van der Waals surface area contributed by atoms with Crippen LogP contribution < -0.4 is 15.8 Å². The largest absolute Gasteiger partial charge is 0.491 e. The maximum Gasteiger partial charge on any atom is 0.188 e. The highest BCUT2D eigenvalue weighted by molar-refractivity contribution is 5.77. The number of para-hydroxylation sites is 1. The summed E-state index contributed by atoms with van der Waals surface area (Å²) in [7, 11) is 0. The first-order valence-electron chi connectivity index (χ1n) is 6.82. The van der Waals surface area contributed by atoms with Crippen LogP contribution in [0.5, 0.6) is 5.75 Å². The molecule has 106 valence electrons. The summed E-state index contributed by atoms with van der Waals surface area (Å²) in [4.78, 5) is 4.25. The number of hydrogen-bond donors (Lipinski definition) is 2. The lowest BCUT2D eigenvalue weighted by Crippen LogP contribution is -2.34. The van der Waals surface area contributed by atoms with Crippen LogP contribution in [-0.2, 0) is 0 Å². The van der Waals surface area contributed by atoms with Crippen molar-refractivity contribution in [2.45, 2.75) is 27.2 Å². The molecule has 0 saturated heterocycles. The summed E-state index contributed by atoms with van der Waals surface area (Å²) >= 11 is 0. The van der Waals surface area contributed by atoms with Crippen LogP contribution in [0.3, 0.4) is 0 Å². The molecule has 0 aliphatic carbocycles. The van der Waals surface area contributed by atoms with E-state index >= 15 is 0 Å². The zero-order chi connectivity index (χ0) is 14.1. The molecule has 4 nitrogen and oxygen atoms in total. The maximum absolute atomic E-state index is 5.75. The number of aliphatic imine (C=N–C) groups is 1. The summed E-state index contributed by atoms with van der Waals surface area (Å²) < 4.78 is 5.66. The van der Waals surface area contributed by atoms with Crippen molar-refractivity contribution in [3.63, 3.8) is 0 Å². The lowest BCUT2D eigenvalue weighted by atomic mass is 10.1. The molecule has 0 fully saturated rings. The van der Waals surface area contributed by atoms with E-state index in [9.17, 15) is 0 Å². The zero-order valence-corrected chi connectivity index (χ0v) is 12.1. The van der Waals surface area contributed by atoms with Crippen molar-refractivity contribution in [2.24, 2.45) is 16.6 Å². The van der Waals surface area contributed by atoms with Gasteiger partial charge < -0.3 is 15.8 Å². The van der Waals surface area contributed by atoms with Crippen molar-refractivity contribution in [3.8, 4) is 5.75 Å². The van der Waals surface area contributed by atoms with Gasteiger partial charge in [0.15, 0.2) is 5.96 Å². The number of rotatable bonds is 7. The van der Waals surface area contributed by atoms with Crippen molar-refractivity contribution >= 4 is 5.96 Å². The van der Waals surface area contributed by atoms with E-state index in [-0.39, 0.29) is 0 Å². The molecule has 4 heteroatoms. The minimum Gasteiger partial charge on any atom is -0.491 e. The number of nitrogens with one attached hydrogen (secondary N) is 1. The van der Waals surface area contributed by atoms with Gasteiger partial charge in [-0.05, 0) is 30.9 Å². The predicted octanol–water partition coefficient (Wildman–Crippen LogP) is 2.32. The molecule has 0 aliphatic heterocycles. The Morgan fingerprint density at radius 2 is 2.11 bits per heavy atom. The van der Waals surface area contributed by atoms with E-state index in [1.807, 2.05) is 31.2 Å². The zero-order valence-electron chi connectivity index (χ0n) is 12.1. The summed E-state index contributed by atoms with van der Waals surface area (Å²) in [6.07, 6.45) is 1.06. The smallest absolute Gasteiger partial charge is 0.188 e. The number of nitrogens with two attached hydrogens (primary N) is 1. The topological polar surface area (TPSA) is 59.6 Å². The van der Waals surface area contributed by atoms with Gasteiger partial charge in [-0.15, -0.1) is 0 Å². The maximum atomic E-state index is 5.75. The summed E-state index contributed by atoms with van der Waals surface area (Å²) in [6, 6.07) is 7.97. The fourth-order valence-corrected chi connectivity index (χ4v) is 1.56. The van der Waals surface area contributed by atoms with Crippen molar-refractivity contribution in [1.82, 2.24) is 5.32 Å². The highest BCUT2D eigenvalue weighted by Crippen LogP contribution is 2.15. The highest BCUT2D eigenvalue weighted by Gasteiger charge is 1.98. The Balaban J connectivity index is 2.18. The van der Waals surface area contributed by atoms with Gasteiger partial charge in [0.25, 0.3) is 0 Å². The summed E-state index contributed by atoms with van der Waals surface area (Å²) in [5.74, 6) is 2.06. The molecule has 19 heavy (non-hydrogen) atoms. The Labute approximate surface area is 116 Å². The molecule has 3 N–H and O–H groups in total. The lowest BCUT2D eigenvalue weighted by molar-refractivity contribution is 0.320. The minimum absolute atomic E-state index is 0.494. The van der Waals surface area contributed by atoms with Gasteiger partial charge in [-0.1, -0.05) is 32.0 Å². The monoisotopic (exact) mass is 263 g/mol. The van der Waals surface area contributed by atoms with E-state index < -0.39 is 0 Å². The van der Waals surface area contributed by atoms with Crippen LogP contribution in [0, 0.1) is 12.8 Å². The molecule has 0 atom stereocenters. The molecule has 0 saturated carbocycles. The standard InChI is InChI=1S/C15H25N3O/c1-12(2)8-9-17-15(16)18-10-11-19-14-7-5-4-6-13(14)3/h4-7,12H,8-11H2,1-3H3,(H3,16,17,18). The van der Waals surface area contributed by atoms with Crippen LogP contribution in [0.15, 0.2) is 29.3 Å². The van der Waals surface area contributed by atoms with Gasteiger partial charge in [0.2, 0.25) is 0 Å². The van der Waals surface area contributed by atoms with Crippen LogP contribution in [0.25, 0.3) is 0 Å². The Bertz CT molecular complexity index is 402. The fraction of sp³-hybridized carbons (Fsp3) is 0.533. The second-order valence-electron chi connectivity index (χ2n) is 4.99. The van der Waals surface area contributed by atoms with Gasteiger partial charge in [0.1, 0.15) is 12.4 Å². The van der Waals surface area contributed by atoms with E-state index in [0.717, 1.165) is 24.3 Å². The number of ether oxygens (including phenoxy) is 1. The van der Waals surface area contributed by atoms with Crippen LogP contribution >= 0.6 is 0 Å². The first kappa shape index (κ1) is 15.3. The van der Waals surface area contributed by atoms with Crippen molar-refractivity contribution in [3.05, 3.63) is 29.8 Å². The van der Waals surface area contributed by atoms with Crippen LogP contribution in [0.1, 0.15) is 25.8 Å². The second kappa shape index (κ2) is 8.40. The van der Waals surface area contributed by atoms with E-state index in [0.29, 0.717) is 25.0 Å². The average Bonchev–Trinajstić information content (AvgIpc) is 2.36. The molecular weight excluding hydrogens is 238 g/mol. The predicted molar refractivity (Wildman–Crippen MR) is 80.6 cm³/mol. The molecule has 1 rings (SSSR count). The van der Waals surface area contributed by atoms with Gasteiger partial charge in [0.05, 0.1) is 6.54 Å². The molecule has 0 spiro atoms. The van der Waals surface area contributed by atoms with Crippen molar-refractivity contribution in [1.29, 1.82) is 0 Å². The van der Waals surface area contributed by atoms with Gasteiger partial charge >= 0.3 is 0 Å². The first-order chi connectivity index (χ1) is 9.09. The third-order valence-electron chi connectivity index (χ3n) is 2.75. The van der Waals surface area contributed by atoms with E-state index in [2.05, 4.69) is 24.2 Å². The molecular formula is C15H25N3O. The van der Waals surface area contributed by atoms with Crippen LogP contribution in [0.2, 0.25) is 0 Å². The summed E-state index contributed by atoms with van der Waals surface area (Å²) in [5, 5.41) is 3.05. The first-order valence-corrected chi connectivity index (χ1v) is 6.82. The number of nitrogens with zero attached hydrogens (tertiary/aromatic N) is 1. The summed E-state index contributed by atoms with van der Waals surface area (Å²) in [6.45, 7) is 8.39. The van der Waals surface area contributed by atoms with E-state index in [1.165, 1.54) is 0 Å². The Morgan fingerprint density at radius 1 is 1.37 bits per heavy atom. The number of benzene rings is 1. The number of aryl methyl sites for hydroxylation is 1. The van der Waals surface area contributed by atoms with Crippen molar-refractivity contribution < 1.29 is 4.74 Å². The summed E-state index contributed by atoms with van der Waals surface area (Å²) in [5.41, 5.74) is 6.89. The molecule has 0 amide bonds. The molecule has 1 aromatic carbocycles. The highest BCUT2D eigenvalue weighted by atomic mass is 16.5. The van der Waals surface area contributed by atoms with Crippen molar-refractivity contribution in [2.75, 3.05) is 19.7 Å². The van der Waals surface area contributed by atoms with Gasteiger partial charge in [0, 0.05) is 6.54 Å². The number of hydrogen-bond acceptors (Lipinski definition) is 2. The molecule has 0 heterocycles. The Morgan fingerprint density at radius 3 is 2.79 bits per heavy atom. The molecule has 0 unspecified atom stereocenters. The molecule has 1 aromatic rings. The molecule has 0 bridgehead atoms. The van der Waals surface area contributed by atoms with Gasteiger partial charge in [-0.25, -0.2) is 0 Å².